The Kier molecular flexibility index (Phi) is 5.42. The Bertz CT molecular complexity index is 814. The summed E-state index contributed by atoms with van der Waals surface area (Å²) in [5, 5.41) is 0. The first-order valence-electron chi connectivity index (χ1n) is 8.59. The van der Waals surface area contributed by atoms with Crippen LogP contribution in [-0.2, 0) is 16.6 Å². The number of nitrogens with one attached hydrogen (secondary N) is 1. The normalized spacial score (nSPS) is 16.8. The molecule has 0 radical (unpaired) electrons. The Morgan fingerprint density at radius 2 is 1.76 bits per heavy atom. The summed E-state index contributed by atoms with van der Waals surface area (Å²) in [5.41, 5.74) is 8.24. The third-order valence-corrected chi connectivity index (χ3v) is 6.44. The Morgan fingerprint density at radius 3 is 2.44 bits per heavy atom. The second kappa shape index (κ2) is 7.56. The number of piperidine rings is 1. The molecule has 1 saturated heterocycles. The average Bonchev–Trinajstić information content (AvgIpc) is 2.59. The maximum absolute atomic E-state index is 12.7. The summed E-state index contributed by atoms with van der Waals surface area (Å²) in [5.74, 6) is 0. The molecule has 2 aromatic carbocycles. The van der Waals surface area contributed by atoms with Gasteiger partial charge in [0.25, 0.3) is 0 Å². The van der Waals surface area contributed by atoms with Crippen LogP contribution in [-0.4, -0.2) is 32.4 Å². The van der Waals surface area contributed by atoms with E-state index in [2.05, 4.69) is 21.8 Å². The number of likely N-dealkylation sites (tertiary alicyclic amines) is 1. The standard InChI is InChI=1S/C19H25N3O2S/c1-15-18(20)8-5-9-19(15)25(23,24)21-17-10-12-22(13-11-17)14-16-6-3-2-4-7-16/h2-9,17,21H,10-14,20H2,1H3. The van der Waals surface area contributed by atoms with E-state index in [-0.39, 0.29) is 10.9 Å². The zero-order chi connectivity index (χ0) is 17.9. The third-order valence-electron chi connectivity index (χ3n) is 4.77. The molecule has 0 atom stereocenters. The number of hydrogen-bond acceptors (Lipinski definition) is 4. The second-order valence-electron chi connectivity index (χ2n) is 6.63. The van der Waals surface area contributed by atoms with Crippen LogP contribution in [0.1, 0.15) is 24.0 Å². The second-order valence-corrected chi connectivity index (χ2v) is 8.31. The van der Waals surface area contributed by atoms with E-state index in [0.29, 0.717) is 11.3 Å². The average molecular weight is 359 g/mol. The first kappa shape index (κ1) is 17.9. The van der Waals surface area contributed by atoms with Crippen LogP contribution < -0.4 is 10.5 Å². The van der Waals surface area contributed by atoms with Gasteiger partial charge in [-0.1, -0.05) is 36.4 Å². The molecule has 0 unspecified atom stereocenters. The van der Waals surface area contributed by atoms with Crippen LogP contribution in [0.3, 0.4) is 0 Å². The van der Waals surface area contributed by atoms with Crippen LogP contribution in [0, 0.1) is 6.92 Å². The largest absolute Gasteiger partial charge is 0.398 e. The molecule has 1 heterocycles. The van der Waals surface area contributed by atoms with Crippen molar-refractivity contribution in [2.45, 2.75) is 37.2 Å². The lowest BCUT2D eigenvalue weighted by Crippen LogP contribution is -2.44. The van der Waals surface area contributed by atoms with Gasteiger partial charge in [-0.3, -0.25) is 4.90 Å². The van der Waals surface area contributed by atoms with Crippen LogP contribution in [0.25, 0.3) is 0 Å². The predicted octanol–water partition coefficient (Wildman–Crippen LogP) is 2.52. The van der Waals surface area contributed by atoms with Crippen LogP contribution in [0.15, 0.2) is 53.4 Å². The van der Waals surface area contributed by atoms with Gasteiger partial charge in [0.05, 0.1) is 4.90 Å². The van der Waals surface area contributed by atoms with Crippen molar-refractivity contribution in [3.8, 4) is 0 Å². The summed E-state index contributed by atoms with van der Waals surface area (Å²) in [6.45, 7) is 4.43. The van der Waals surface area contributed by atoms with Crippen molar-refractivity contribution in [2.75, 3.05) is 18.8 Å². The molecule has 6 heteroatoms. The zero-order valence-electron chi connectivity index (χ0n) is 14.5. The monoisotopic (exact) mass is 359 g/mol. The predicted molar refractivity (Wildman–Crippen MR) is 101 cm³/mol. The van der Waals surface area contributed by atoms with Crippen molar-refractivity contribution in [1.82, 2.24) is 9.62 Å². The van der Waals surface area contributed by atoms with E-state index in [1.54, 1.807) is 25.1 Å². The molecule has 0 spiro atoms. The fraction of sp³-hybridized carbons (Fsp3) is 0.368. The maximum atomic E-state index is 12.7. The van der Waals surface area contributed by atoms with E-state index in [9.17, 15) is 8.42 Å². The van der Waals surface area contributed by atoms with Gasteiger partial charge >= 0.3 is 0 Å². The fourth-order valence-corrected chi connectivity index (χ4v) is 4.84. The van der Waals surface area contributed by atoms with Gasteiger partial charge in [0, 0.05) is 31.4 Å². The minimum absolute atomic E-state index is 0.0298. The molecule has 25 heavy (non-hydrogen) atoms. The van der Waals surface area contributed by atoms with Crippen molar-refractivity contribution in [2.24, 2.45) is 0 Å². The quantitative estimate of drug-likeness (QED) is 0.805. The summed E-state index contributed by atoms with van der Waals surface area (Å²) in [6.07, 6.45) is 1.63. The topological polar surface area (TPSA) is 75.4 Å². The highest BCUT2D eigenvalue weighted by molar-refractivity contribution is 7.89. The molecule has 3 N–H and O–H groups in total. The Hall–Kier alpha value is -1.89. The molecule has 134 valence electrons. The molecular weight excluding hydrogens is 334 g/mol. The molecular formula is C19H25N3O2S. The summed E-state index contributed by atoms with van der Waals surface area (Å²) in [7, 11) is -3.54. The number of benzene rings is 2. The lowest BCUT2D eigenvalue weighted by molar-refractivity contribution is 0.200. The first-order valence-corrected chi connectivity index (χ1v) is 10.1. The Labute approximate surface area is 149 Å². The summed E-state index contributed by atoms with van der Waals surface area (Å²) in [4.78, 5) is 2.64. The fourth-order valence-electron chi connectivity index (χ4n) is 3.26. The smallest absolute Gasteiger partial charge is 0.241 e. The Balaban J connectivity index is 1.59. The van der Waals surface area contributed by atoms with Crippen LogP contribution in [0.2, 0.25) is 0 Å². The molecule has 1 aliphatic heterocycles. The van der Waals surface area contributed by atoms with E-state index in [1.807, 2.05) is 18.2 Å². The minimum atomic E-state index is -3.54. The number of rotatable bonds is 5. The highest BCUT2D eigenvalue weighted by Crippen LogP contribution is 2.22. The van der Waals surface area contributed by atoms with Crippen LogP contribution >= 0.6 is 0 Å². The number of nitrogen functional groups attached to an aromatic ring is 1. The van der Waals surface area contributed by atoms with Gasteiger partial charge in [0.15, 0.2) is 0 Å². The zero-order valence-corrected chi connectivity index (χ0v) is 15.3. The van der Waals surface area contributed by atoms with Gasteiger partial charge in [0.2, 0.25) is 10.0 Å². The minimum Gasteiger partial charge on any atom is -0.398 e. The lowest BCUT2D eigenvalue weighted by Gasteiger charge is -2.32. The van der Waals surface area contributed by atoms with Crippen LogP contribution in [0.5, 0.6) is 0 Å². The molecule has 5 nitrogen and oxygen atoms in total. The van der Waals surface area contributed by atoms with Gasteiger partial charge in [-0.25, -0.2) is 13.1 Å². The molecule has 0 aromatic heterocycles. The van der Waals surface area contributed by atoms with Crippen molar-refractivity contribution in [1.29, 1.82) is 0 Å². The van der Waals surface area contributed by atoms with Gasteiger partial charge in [-0.2, -0.15) is 0 Å². The van der Waals surface area contributed by atoms with Crippen LogP contribution in [0.4, 0.5) is 5.69 Å². The van der Waals surface area contributed by atoms with Gasteiger partial charge in [0.1, 0.15) is 0 Å². The van der Waals surface area contributed by atoms with Crippen molar-refractivity contribution >= 4 is 15.7 Å². The van der Waals surface area contributed by atoms with E-state index < -0.39 is 10.0 Å². The SMILES string of the molecule is Cc1c(N)cccc1S(=O)(=O)NC1CCN(Cc2ccccc2)CC1. The molecule has 0 bridgehead atoms. The first-order chi connectivity index (χ1) is 12.0. The Morgan fingerprint density at radius 1 is 1.08 bits per heavy atom. The van der Waals surface area contributed by atoms with E-state index >= 15 is 0 Å². The highest BCUT2D eigenvalue weighted by atomic mass is 32.2. The van der Waals surface area contributed by atoms with Gasteiger partial charge in [-0.05, 0) is 43.0 Å². The lowest BCUT2D eigenvalue weighted by atomic mass is 10.1. The molecule has 3 rings (SSSR count). The van der Waals surface area contributed by atoms with E-state index in [0.717, 1.165) is 32.5 Å². The molecule has 2 aromatic rings. The third kappa shape index (κ3) is 4.39. The van der Waals surface area contributed by atoms with Crippen molar-refractivity contribution in [3.05, 3.63) is 59.7 Å². The summed E-state index contributed by atoms with van der Waals surface area (Å²) >= 11 is 0. The number of sulfonamides is 1. The van der Waals surface area contributed by atoms with E-state index in [1.165, 1.54) is 5.56 Å². The molecule has 0 amide bonds. The summed E-state index contributed by atoms with van der Waals surface area (Å²) in [6, 6.07) is 15.3. The molecule has 0 aliphatic carbocycles. The van der Waals surface area contributed by atoms with E-state index in [4.69, 9.17) is 5.73 Å². The molecule has 1 fully saturated rings. The highest BCUT2D eigenvalue weighted by Gasteiger charge is 2.25. The number of anilines is 1. The number of hydrogen-bond donors (Lipinski definition) is 2. The molecule has 1 aliphatic rings. The molecule has 0 saturated carbocycles. The summed E-state index contributed by atoms with van der Waals surface area (Å²) < 4.78 is 28.2. The van der Waals surface area contributed by atoms with Gasteiger partial charge in [-0.15, -0.1) is 0 Å². The number of nitrogens with two attached hydrogens (primary N) is 1. The van der Waals surface area contributed by atoms with Gasteiger partial charge < -0.3 is 5.73 Å². The van der Waals surface area contributed by atoms with Crippen molar-refractivity contribution < 1.29 is 8.42 Å². The number of nitrogens with zero attached hydrogens (tertiary/aromatic N) is 1. The maximum Gasteiger partial charge on any atom is 0.241 e. The van der Waals surface area contributed by atoms with Crippen molar-refractivity contribution in [3.63, 3.8) is 0 Å².